The van der Waals surface area contributed by atoms with Crippen LogP contribution in [0.15, 0.2) is 12.3 Å². The van der Waals surface area contributed by atoms with Gasteiger partial charge >= 0.3 is 0 Å². The molecule has 0 aliphatic carbocycles. The number of nitrogens with one attached hydrogen (secondary N) is 1. The number of terminal acetylenes is 1. The largest absolute Gasteiger partial charge is 0.341 e. The van der Waals surface area contributed by atoms with Crippen molar-refractivity contribution in [2.24, 2.45) is 0 Å². The first-order valence-corrected chi connectivity index (χ1v) is 4.78. The van der Waals surface area contributed by atoms with Crippen molar-refractivity contribution in [3.63, 3.8) is 0 Å². The van der Waals surface area contributed by atoms with Crippen LogP contribution in [0.3, 0.4) is 0 Å². The first-order valence-electron chi connectivity index (χ1n) is 4.78. The first kappa shape index (κ1) is 10.5. The van der Waals surface area contributed by atoms with Crippen LogP contribution in [0.25, 0.3) is 0 Å². The lowest BCUT2D eigenvalue weighted by atomic mass is 10.2. The minimum Gasteiger partial charge on any atom is -0.341 e. The second-order valence-electron chi connectivity index (χ2n) is 3.17. The molecule has 0 bridgehead atoms. The van der Waals surface area contributed by atoms with E-state index in [0.29, 0.717) is 5.95 Å². The number of aryl methyl sites for hydroxylation is 1. The standard InChI is InChI=1S/C11H15N3/c1-4-6-10(5-2)14-11-12-8-7-9(3)13-11/h2,7-8,10H,4,6H2,1,3H3,(H,12,13,14). The van der Waals surface area contributed by atoms with Crippen LogP contribution in [0.1, 0.15) is 25.5 Å². The predicted molar refractivity (Wildman–Crippen MR) is 57.9 cm³/mol. The SMILES string of the molecule is C#CC(CCC)Nc1nccc(C)n1. The Bertz CT molecular complexity index is 328. The molecule has 0 saturated heterocycles. The van der Waals surface area contributed by atoms with Gasteiger partial charge in [0.15, 0.2) is 0 Å². The van der Waals surface area contributed by atoms with E-state index >= 15 is 0 Å². The average Bonchev–Trinajstić information content (AvgIpc) is 2.17. The molecule has 1 N–H and O–H groups in total. The second kappa shape index (κ2) is 5.23. The Morgan fingerprint density at radius 2 is 2.43 bits per heavy atom. The van der Waals surface area contributed by atoms with Gasteiger partial charge in [-0.05, 0) is 19.4 Å². The molecule has 0 fully saturated rings. The van der Waals surface area contributed by atoms with Crippen molar-refractivity contribution < 1.29 is 0 Å². The van der Waals surface area contributed by atoms with Crippen LogP contribution in [0.4, 0.5) is 5.95 Å². The minimum atomic E-state index is 0.0294. The maximum absolute atomic E-state index is 5.38. The molecule has 0 aliphatic heterocycles. The van der Waals surface area contributed by atoms with Gasteiger partial charge < -0.3 is 5.32 Å². The highest BCUT2D eigenvalue weighted by atomic mass is 15.1. The van der Waals surface area contributed by atoms with E-state index in [1.54, 1.807) is 6.20 Å². The first-order chi connectivity index (χ1) is 6.76. The van der Waals surface area contributed by atoms with E-state index < -0.39 is 0 Å². The maximum Gasteiger partial charge on any atom is 0.223 e. The molecule has 0 saturated carbocycles. The molecule has 0 spiro atoms. The molecule has 1 unspecified atom stereocenters. The summed E-state index contributed by atoms with van der Waals surface area (Å²) >= 11 is 0. The van der Waals surface area contributed by atoms with Crippen LogP contribution in [-0.4, -0.2) is 16.0 Å². The van der Waals surface area contributed by atoms with Gasteiger partial charge in [-0.2, -0.15) is 0 Å². The Hall–Kier alpha value is -1.56. The number of nitrogens with zero attached hydrogens (tertiary/aromatic N) is 2. The summed E-state index contributed by atoms with van der Waals surface area (Å²) in [6, 6.07) is 1.89. The molecule has 0 aromatic carbocycles. The van der Waals surface area contributed by atoms with Gasteiger partial charge in [0.1, 0.15) is 0 Å². The zero-order chi connectivity index (χ0) is 10.4. The molecule has 14 heavy (non-hydrogen) atoms. The highest BCUT2D eigenvalue weighted by molar-refractivity contribution is 5.30. The van der Waals surface area contributed by atoms with Gasteiger partial charge in [-0.15, -0.1) is 6.42 Å². The summed E-state index contributed by atoms with van der Waals surface area (Å²) in [5.41, 5.74) is 0.940. The van der Waals surface area contributed by atoms with Gasteiger partial charge in [0.05, 0.1) is 6.04 Å². The van der Waals surface area contributed by atoms with Crippen LogP contribution in [-0.2, 0) is 0 Å². The van der Waals surface area contributed by atoms with Crippen LogP contribution >= 0.6 is 0 Å². The van der Waals surface area contributed by atoms with Crippen molar-refractivity contribution in [3.05, 3.63) is 18.0 Å². The highest BCUT2D eigenvalue weighted by Crippen LogP contribution is 2.04. The molecular formula is C11H15N3. The average molecular weight is 189 g/mol. The van der Waals surface area contributed by atoms with Crippen molar-refractivity contribution in [3.8, 4) is 12.3 Å². The van der Waals surface area contributed by atoms with Crippen molar-refractivity contribution in [2.75, 3.05) is 5.32 Å². The summed E-state index contributed by atoms with van der Waals surface area (Å²) in [6.07, 6.45) is 9.09. The van der Waals surface area contributed by atoms with E-state index in [0.717, 1.165) is 18.5 Å². The number of aromatic nitrogens is 2. The summed E-state index contributed by atoms with van der Waals surface area (Å²) in [4.78, 5) is 8.32. The molecule has 0 radical (unpaired) electrons. The lowest BCUT2D eigenvalue weighted by Crippen LogP contribution is -2.18. The van der Waals surface area contributed by atoms with Gasteiger partial charge in [-0.3, -0.25) is 0 Å². The topological polar surface area (TPSA) is 37.8 Å². The third-order valence-electron chi connectivity index (χ3n) is 1.88. The van der Waals surface area contributed by atoms with Crippen LogP contribution in [0.5, 0.6) is 0 Å². The monoisotopic (exact) mass is 189 g/mol. The van der Waals surface area contributed by atoms with E-state index in [9.17, 15) is 0 Å². The molecule has 74 valence electrons. The third-order valence-corrected chi connectivity index (χ3v) is 1.88. The van der Waals surface area contributed by atoms with E-state index in [4.69, 9.17) is 6.42 Å². The number of hydrogen-bond acceptors (Lipinski definition) is 3. The van der Waals surface area contributed by atoms with Gasteiger partial charge in [0, 0.05) is 11.9 Å². The van der Waals surface area contributed by atoms with E-state index in [1.807, 2.05) is 13.0 Å². The Kier molecular flexibility index (Phi) is 3.93. The Balaban J connectivity index is 2.63. The normalized spacial score (nSPS) is 11.8. The van der Waals surface area contributed by atoms with E-state index in [2.05, 4.69) is 28.1 Å². The zero-order valence-corrected chi connectivity index (χ0v) is 8.62. The number of hydrogen-bond donors (Lipinski definition) is 1. The summed E-state index contributed by atoms with van der Waals surface area (Å²) in [7, 11) is 0. The molecule has 3 heteroatoms. The smallest absolute Gasteiger partial charge is 0.223 e. The zero-order valence-electron chi connectivity index (χ0n) is 8.62. The van der Waals surface area contributed by atoms with Gasteiger partial charge in [0.2, 0.25) is 5.95 Å². The van der Waals surface area contributed by atoms with E-state index in [1.165, 1.54) is 0 Å². The van der Waals surface area contributed by atoms with Gasteiger partial charge in [-0.25, -0.2) is 9.97 Å². The van der Waals surface area contributed by atoms with Crippen molar-refractivity contribution >= 4 is 5.95 Å². The van der Waals surface area contributed by atoms with Gasteiger partial charge in [0.25, 0.3) is 0 Å². The van der Waals surface area contributed by atoms with Crippen molar-refractivity contribution in [1.29, 1.82) is 0 Å². The van der Waals surface area contributed by atoms with Crippen LogP contribution in [0.2, 0.25) is 0 Å². The number of anilines is 1. The van der Waals surface area contributed by atoms with Gasteiger partial charge in [-0.1, -0.05) is 19.3 Å². The molecule has 0 amide bonds. The maximum atomic E-state index is 5.38. The van der Waals surface area contributed by atoms with E-state index in [-0.39, 0.29) is 6.04 Å². The Labute approximate surface area is 85.0 Å². The third kappa shape index (κ3) is 3.06. The highest BCUT2D eigenvalue weighted by Gasteiger charge is 2.04. The molecule has 1 atom stereocenters. The Morgan fingerprint density at radius 1 is 1.64 bits per heavy atom. The van der Waals surface area contributed by atoms with Crippen LogP contribution in [0, 0.1) is 19.3 Å². The molecule has 1 heterocycles. The molecule has 0 aliphatic rings. The predicted octanol–water partition coefficient (Wildman–Crippen LogP) is 2.00. The van der Waals surface area contributed by atoms with Crippen LogP contribution < -0.4 is 5.32 Å². The molecule has 1 rings (SSSR count). The second-order valence-corrected chi connectivity index (χ2v) is 3.17. The molecule has 1 aromatic heterocycles. The number of rotatable bonds is 4. The molecule has 3 nitrogen and oxygen atoms in total. The summed E-state index contributed by atoms with van der Waals surface area (Å²) in [6.45, 7) is 4.03. The van der Waals surface area contributed by atoms with Crippen molar-refractivity contribution in [1.82, 2.24) is 9.97 Å². The minimum absolute atomic E-state index is 0.0294. The fourth-order valence-corrected chi connectivity index (χ4v) is 1.16. The lowest BCUT2D eigenvalue weighted by Gasteiger charge is -2.11. The fourth-order valence-electron chi connectivity index (χ4n) is 1.16. The fraction of sp³-hybridized carbons (Fsp3) is 0.455. The lowest BCUT2D eigenvalue weighted by molar-refractivity contribution is 0.747. The molecule has 1 aromatic rings. The summed E-state index contributed by atoms with van der Waals surface area (Å²) in [5.74, 6) is 3.29. The summed E-state index contributed by atoms with van der Waals surface area (Å²) < 4.78 is 0. The summed E-state index contributed by atoms with van der Waals surface area (Å²) in [5, 5.41) is 3.11. The quantitative estimate of drug-likeness (QED) is 0.736. The van der Waals surface area contributed by atoms with Crippen molar-refractivity contribution in [2.45, 2.75) is 32.7 Å². The Morgan fingerprint density at radius 3 is 3.00 bits per heavy atom. The molecular weight excluding hydrogens is 174 g/mol.